The van der Waals surface area contributed by atoms with E-state index in [4.69, 9.17) is 0 Å². The van der Waals surface area contributed by atoms with Crippen molar-refractivity contribution in [3.05, 3.63) is 0 Å². The third kappa shape index (κ3) is 68.4. The number of unbranched alkanes of at least 4 members (excludes halogenated alkanes) is 9. The van der Waals surface area contributed by atoms with E-state index in [-0.39, 0.29) is 5.97 Å². The lowest BCUT2D eigenvalue weighted by molar-refractivity contribution is -0.140. The van der Waals surface area contributed by atoms with Crippen LogP contribution in [0.5, 0.6) is 0 Å². The molecule has 0 saturated carbocycles. The van der Waals surface area contributed by atoms with E-state index in [2.05, 4.69) is 46.3 Å². The SMILES string of the molecule is CCCCCC.CCCCCC.CCCCCC.CCOC(C)=O. The Morgan fingerprint density at radius 2 is 0.750 bits per heavy atom. The minimum Gasteiger partial charge on any atom is -0.466 e. The van der Waals surface area contributed by atoms with Gasteiger partial charge in [-0.2, -0.15) is 0 Å². The molecular weight excluding hydrogens is 296 g/mol. The fourth-order valence-corrected chi connectivity index (χ4v) is 1.70. The number of carbonyl (C=O) groups is 1. The molecule has 0 aromatic heterocycles. The Balaban J connectivity index is -0.000000111. The Bertz CT molecular complexity index is 148. The molecule has 2 heteroatoms. The summed E-state index contributed by atoms with van der Waals surface area (Å²) in [6, 6.07) is 0. The van der Waals surface area contributed by atoms with Crippen LogP contribution in [0.15, 0.2) is 0 Å². The standard InChI is InChI=1S/3C6H14.C4H8O2/c3*1-3-5-6-4-2;1-3-6-4(2)5/h3*3-6H2,1-2H3;3H2,1-2H3. The molecule has 0 N–H and O–H groups in total. The van der Waals surface area contributed by atoms with Crippen molar-refractivity contribution in [1.29, 1.82) is 0 Å². The summed E-state index contributed by atoms with van der Waals surface area (Å²) in [5, 5.41) is 0. The number of esters is 1. The van der Waals surface area contributed by atoms with Crippen LogP contribution in [-0.2, 0) is 9.53 Å². The first-order valence-corrected chi connectivity index (χ1v) is 10.6. The van der Waals surface area contributed by atoms with E-state index >= 15 is 0 Å². The molecule has 0 aliphatic carbocycles. The van der Waals surface area contributed by atoms with Gasteiger partial charge in [0.25, 0.3) is 0 Å². The Kier molecular flexibility index (Phi) is 49.7. The number of rotatable bonds is 10. The van der Waals surface area contributed by atoms with Crippen LogP contribution < -0.4 is 0 Å². The average molecular weight is 347 g/mol. The molecule has 0 heterocycles. The van der Waals surface area contributed by atoms with Crippen molar-refractivity contribution < 1.29 is 9.53 Å². The molecule has 0 aromatic carbocycles. The summed E-state index contributed by atoms with van der Waals surface area (Å²) in [7, 11) is 0. The third-order valence-corrected chi connectivity index (χ3v) is 3.22. The van der Waals surface area contributed by atoms with Crippen LogP contribution in [0, 0.1) is 0 Å². The molecule has 0 aliphatic rings. The fraction of sp³-hybridized carbons (Fsp3) is 0.955. The van der Waals surface area contributed by atoms with Crippen molar-refractivity contribution in [3.8, 4) is 0 Å². The van der Waals surface area contributed by atoms with E-state index in [0.717, 1.165) is 0 Å². The molecule has 2 nitrogen and oxygen atoms in total. The highest BCUT2D eigenvalue weighted by molar-refractivity contribution is 5.65. The normalized spacial score (nSPS) is 8.67. The summed E-state index contributed by atoms with van der Waals surface area (Å²) in [6.45, 7) is 17.0. The Labute approximate surface area is 155 Å². The van der Waals surface area contributed by atoms with Gasteiger partial charge in [0.05, 0.1) is 6.61 Å². The van der Waals surface area contributed by atoms with Crippen LogP contribution in [0.25, 0.3) is 0 Å². The molecule has 0 radical (unpaired) electrons. The monoisotopic (exact) mass is 346 g/mol. The van der Waals surface area contributed by atoms with Gasteiger partial charge in [0.15, 0.2) is 0 Å². The largest absolute Gasteiger partial charge is 0.466 e. The first-order chi connectivity index (χ1) is 11.5. The maximum Gasteiger partial charge on any atom is 0.302 e. The summed E-state index contributed by atoms with van der Waals surface area (Å²) < 4.78 is 4.40. The highest BCUT2D eigenvalue weighted by atomic mass is 16.5. The lowest BCUT2D eigenvalue weighted by Gasteiger charge is -1.89. The lowest BCUT2D eigenvalue weighted by atomic mass is 10.2. The van der Waals surface area contributed by atoms with Crippen LogP contribution in [0.2, 0.25) is 0 Å². The minimum absolute atomic E-state index is 0.211. The highest BCUT2D eigenvalue weighted by Gasteiger charge is 1.81. The average Bonchev–Trinajstić information content (AvgIpc) is 2.57. The van der Waals surface area contributed by atoms with E-state index in [1.165, 1.54) is 84.0 Å². The van der Waals surface area contributed by atoms with Gasteiger partial charge in [-0.25, -0.2) is 0 Å². The third-order valence-electron chi connectivity index (χ3n) is 3.22. The summed E-state index contributed by atoms with van der Waals surface area (Å²) in [4.78, 5) is 9.82. The van der Waals surface area contributed by atoms with Crippen molar-refractivity contribution in [1.82, 2.24) is 0 Å². The summed E-state index contributed by atoms with van der Waals surface area (Å²) in [5.74, 6) is -0.211. The molecule has 0 unspecified atom stereocenters. The van der Waals surface area contributed by atoms with Gasteiger partial charge in [-0.1, -0.05) is 119 Å². The van der Waals surface area contributed by atoms with Gasteiger partial charge >= 0.3 is 5.97 Å². The molecular formula is C22H50O2. The van der Waals surface area contributed by atoms with Gasteiger partial charge in [-0.3, -0.25) is 4.79 Å². The van der Waals surface area contributed by atoms with E-state index in [0.29, 0.717) is 6.61 Å². The summed E-state index contributed by atoms with van der Waals surface area (Å²) in [6.07, 6.45) is 16.6. The van der Waals surface area contributed by atoms with Crippen LogP contribution in [-0.4, -0.2) is 12.6 Å². The number of ether oxygens (including phenoxy) is 1. The zero-order valence-electron chi connectivity index (χ0n) is 18.5. The van der Waals surface area contributed by atoms with Crippen molar-refractivity contribution in [2.45, 2.75) is 132 Å². The molecule has 0 aliphatic heterocycles. The van der Waals surface area contributed by atoms with E-state index in [1.807, 2.05) is 0 Å². The second-order valence-electron chi connectivity index (χ2n) is 6.05. The van der Waals surface area contributed by atoms with Crippen LogP contribution in [0.4, 0.5) is 0 Å². The predicted molar refractivity (Wildman–Crippen MR) is 112 cm³/mol. The minimum atomic E-state index is -0.211. The lowest BCUT2D eigenvalue weighted by Crippen LogP contribution is -1.95. The van der Waals surface area contributed by atoms with Gasteiger partial charge in [-0.05, 0) is 6.92 Å². The fourth-order valence-electron chi connectivity index (χ4n) is 1.70. The summed E-state index contributed by atoms with van der Waals surface area (Å²) >= 11 is 0. The van der Waals surface area contributed by atoms with Crippen molar-refractivity contribution >= 4 is 5.97 Å². The molecule has 0 aromatic rings. The van der Waals surface area contributed by atoms with Gasteiger partial charge in [-0.15, -0.1) is 0 Å². The van der Waals surface area contributed by atoms with Crippen LogP contribution in [0.1, 0.15) is 132 Å². The van der Waals surface area contributed by atoms with Crippen molar-refractivity contribution in [2.24, 2.45) is 0 Å². The van der Waals surface area contributed by atoms with Gasteiger partial charge < -0.3 is 4.74 Å². The van der Waals surface area contributed by atoms with E-state index in [1.54, 1.807) is 6.92 Å². The predicted octanol–water partition coefficient (Wildman–Crippen LogP) is 8.33. The Morgan fingerprint density at radius 3 is 0.792 bits per heavy atom. The number of hydrogen-bond acceptors (Lipinski definition) is 2. The first kappa shape index (κ1) is 31.3. The molecule has 0 rings (SSSR count). The molecule has 0 fully saturated rings. The van der Waals surface area contributed by atoms with Crippen LogP contribution >= 0.6 is 0 Å². The molecule has 0 bridgehead atoms. The summed E-state index contributed by atoms with van der Waals surface area (Å²) in [5.41, 5.74) is 0. The van der Waals surface area contributed by atoms with Crippen molar-refractivity contribution in [2.75, 3.05) is 6.61 Å². The van der Waals surface area contributed by atoms with Crippen LogP contribution in [0.3, 0.4) is 0 Å². The number of carbonyl (C=O) groups excluding carboxylic acids is 1. The molecule has 0 saturated heterocycles. The molecule has 150 valence electrons. The molecule has 0 atom stereocenters. The van der Waals surface area contributed by atoms with Gasteiger partial charge in [0, 0.05) is 6.92 Å². The zero-order valence-corrected chi connectivity index (χ0v) is 18.5. The number of hydrogen-bond donors (Lipinski definition) is 0. The molecule has 0 spiro atoms. The Morgan fingerprint density at radius 1 is 0.542 bits per heavy atom. The topological polar surface area (TPSA) is 26.3 Å². The van der Waals surface area contributed by atoms with E-state index in [9.17, 15) is 4.79 Å². The molecule has 24 heavy (non-hydrogen) atoms. The first-order valence-electron chi connectivity index (χ1n) is 10.6. The quantitative estimate of drug-likeness (QED) is 0.293. The van der Waals surface area contributed by atoms with Crippen molar-refractivity contribution in [3.63, 3.8) is 0 Å². The second kappa shape index (κ2) is 38.2. The Hall–Kier alpha value is -0.530. The molecule has 0 amide bonds. The smallest absolute Gasteiger partial charge is 0.302 e. The second-order valence-corrected chi connectivity index (χ2v) is 6.05. The maximum absolute atomic E-state index is 9.82. The van der Waals surface area contributed by atoms with Gasteiger partial charge in [0.1, 0.15) is 0 Å². The highest BCUT2D eigenvalue weighted by Crippen LogP contribution is 1.96. The maximum atomic E-state index is 9.82. The van der Waals surface area contributed by atoms with Gasteiger partial charge in [0.2, 0.25) is 0 Å². The van der Waals surface area contributed by atoms with E-state index < -0.39 is 0 Å². The zero-order chi connectivity index (χ0) is 19.5.